The smallest absolute Gasteiger partial charge is 0.250 e. The zero-order chi connectivity index (χ0) is 15.7. The van der Waals surface area contributed by atoms with Gasteiger partial charge in [0.05, 0.1) is 11.9 Å². The zero-order valence-electron chi connectivity index (χ0n) is 13.1. The number of hydrogen-bond donors (Lipinski definition) is 1. The lowest BCUT2D eigenvalue weighted by atomic mass is 9.70. The molecule has 1 aliphatic carbocycles. The zero-order valence-corrected chi connectivity index (χ0v) is 13.1. The summed E-state index contributed by atoms with van der Waals surface area (Å²) in [4.78, 5) is 16.2. The van der Waals surface area contributed by atoms with E-state index < -0.39 is 0 Å². The molecule has 1 aliphatic rings. The molecule has 22 heavy (non-hydrogen) atoms. The van der Waals surface area contributed by atoms with Gasteiger partial charge in [0, 0.05) is 24.5 Å². The van der Waals surface area contributed by atoms with Crippen molar-refractivity contribution in [3.05, 3.63) is 58.8 Å². The standard InChI is InChI=1S/C18H23N3O/c1-12-9-14(15-6-7-20-11-16(15)19)10-13(2)18(12)21-8-4-3-5-17(21)22/h3-8,11-14,18H,9-10,19H2,1-2H3/t12-,13+,14+,18-. The van der Waals surface area contributed by atoms with Crippen molar-refractivity contribution in [2.24, 2.45) is 11.8 Å². The van der Waals surface area contributed by atoms with Crippen LogP contribution in [0.3, 0.4) is 0 Å². The van der Waals surface area contributed by atoms with Crippen molar-refractivity contribution in [2.75, 3.05) is 5.73 Å². The lowest BCUT2D eigenvalue weighted by Gasteiger charge is -2.40. The second kappa shape index (κ2) is 5.95. The Morgan fingerprint density at radius 2 is 1.91 bits per heavy atom. The molecule has 2 aromatic rings. The van der Waals surface area contributed by atoms with Gasteiger partial charge in [-0.1, -0.05) is 19.9 Å². The summed E-state index contributed by atoms with van der Waals surface area (Å²) in [6, 6.07) is 7.68. The van der Waals surface area contributed by atoms with Crippen LogP contribution in [-0.2, 0) is 0 Å². The number of hydrogen-bond acceptors (Lipinski definition) is 3. The van der Waals surface area contributed by atoms with Gasteiger partial charge in [-0.15, -0.1) is 0 Å². The first-order valence-corrected chi connectivity index (χ1v) is 7.94. The molecule has 0 bridgehead atoms. The third kappa shape index (κ3) is 2.65. The van der Waals surface area contributed by atoms with Gasteiger partial charge in [0.25, 0.3) is 5.56 Å². The van der Waals surface area contributed by atoms with E-state index in [9.17, 15) is 4.79 Å². The fraction of sp³-hybridized carbons (Fsp3) is 0.444. The Kier molecular flexibility index (Phi) is 4.01. The van der Waals surface area contributed by atoms with Crippen LogP contribution in [-0.4, -0.2) is 9.55 Å². The summed E-state index contributed by atoms with van der Waals surface area (Å²) in [6.45, 7) is 4.48. The number of rotatable bonds is 2. The summed E-state index contributed by atoms with van der Waals surface area (Å²) in [6.07, 6.45) is 7.56. The molecule has 1 saturated carbocycles. The molecule has 1 fully saturated rings. The number of nitrogen functional groups attached to an aromatic ring is 1. The molecular formula is C18H23N3O. The highest BCUT2D eigenvalue weighted by atomic mass is 16.1. The van der Waals surface area contributed by atoms with E-state index in [1.54, 1.807) is 18.3 Å². The third-order valence-electron chi connectivity index (χ3n) is 4.98. The van der Waals surface area contributed by atoms with Gasteiger partial charge in [0.15, 0.2) is 0 Å². The highest BCUT2D eigenvalue weighted by Gasteiger charge is 2.35. The highest BCUT2D eigenvalue weighted by Crippen LogP contribution is 2.45. The molecule has 0 unspecified atom stereocenters. The molecule has 0 amide bonds. The van der Waals surface area contributed by atoms with Crippen LogP contribution < -0.4 is 11.3 Å². The van der Waals surface area contributed by atoms with Crippen molar-refractivity contribution < 1.29 is 0 Å². The van der Waals surface area contributed by atoms with E-state index in [1.165, 1.54) is 5.56 Å². The Bertz CT molecular complexity index is 697. The van der Waals surface area contributed by atoms with Crippen LogP contribution in [0.1, 0.15) is 44.2 Å². The minimum Gasteiger partial charge on any atom is -0.397 e. The van der Waals surface area contributed by atoms with E-state index in [2.05, 4.69) is 18.8 Å². The maximum absolute atomic E-state index is 12.1. The van der Waals surface area contributed by atoms with Crippen molar-refractivity contribution in [3.8, 4) is 0 Å². The number of aromatic nitrogens is 2. The van der Waals surface area contributed by atoms with Gasteiger partial charge in [0.2, 0.25) is 0 Å². The molecule has 2 heterocycles. The van der Waals surface area contributed by atoms with Gasteiger partial charge in [-0.05, 0) is 48.3 Å². The van der Waals surface area contributed by atoms with Gasteiger partial charge in [-0.2, -0.15) is 0 Å². The fourth-order valence-corrected chi connectivity index (χ4v) is 4.11. The van der Waals surface area contributed by atoms with Gasteiger partial charge >= 0.3 is 0 Å². The van der Waals surface area contributed by atoms with E-state index in [4.69, 9.17) is 5.73 Å². The van der Waals surface area contributed by atoms with Crippen molar-refractivity contribution in [2.45, 2.75) is 38.6 Å². The second-order valence-electron chi connectivity index (χ2n) is 6.56. The Balaban J connectivity index is 1.88. The highest BCUT2D eigenvalue weighted by molar-refractivity contribution is 5.46. The minimum absolute atomic E-state index is 0.0908. The summed E-state index contributed by atoms with van der Waals surface area (Å²) in [5.41, 5.74) is 8.17. The van der Waals surface area contributed by atoms with Crippen molar-refractivity contribution in [3.63, 3.8) is 0 Å². The molecule has 4 nitrogen and oxygen atoms in total. The molecule has 4 atom stereocenters. The van der Waals surface area contributed by atoms with Gasteiger partial charge in [0.1, 0.15) is 0 Å². The molecule has 0 spiro atoms. The predicted molar refractivity (Wildman–Crippen MR) is 88.7 cm³/mol. The lowest BCUT2D eigenvalue weighted by Crippen LogP contribution is -2.36. The molecule has 116 valence electrons. The number of anilines is 1. The van der Waals surface area contributed by atoms with Crippen LogP contribution in [0.5, 0.6) is 0 Å². The predicted octanol–water partition coefficient (Wildman–Crippen LogP) is 3.22. The third-order valence-corrected chi connectivity index (χ3v) is 4.98. The summed E-state index contributed by atoms with van der Waals surface area (Å²) >= 11 is 0. The largest absolute Gasteiger partial charge is 0.397 e. The summed E-state index contributed by atoms with van der Waals surface area (Å²) < 4.78 is 1.90. The molecular weight excluding hydrogens is 274 g/mol. The first-order valence-electron chi connectivity index (χ1n) is 7.94. The normalized spacial score (nSPS) is 28.5. The topological polar surface area (TPSA) is 60.9 Å². The molecule has 2 aromatic heterocycles. The Morgan fingerprint density at radius 3 is 2.55 bits per heavy atom. The van der Waals surface area contributed by atoms with Gasteiger partial charge in [-0.3, -0.25) is 9.78 Å². The number of nitrogens with zero attached hydrogens (tertiary/aromatic N) is 2. The average Bonchev–Trinajstić information content (AvgIpc) is 2.49. The fourth-order valence-electron chi connectivity index (χ4n) is 4.11. The maximum atomic E-state index is 12.1. The summed E-state index contributed by atoms with van der Waals surface area (Å²) in [5, 5.41) is 0. The Hall–Kier alpha value is -2.10. The van der Waals surface area contributed by atoms with Crippen molar-refractivity contribution in [1.29, 1.82) is 0 Å². The van der Waals surface area contributed by atoms with Crippen molar-refractivity contribution in [1.82, 2.24) is 9.55 Å². The molecule has 0 saturated heterocycles. The molecule has 0 aromatic carbocycles. The quantitative estimate of drug-likeness (QED) is 0.926. The van der Waals surface area contributed by atoms with Crippen LogP contribution in [0.15, 0.2) is 47.7 Å². The van der Waals surface area contributed by atoms with E-state index >= 15 is 0 Å². The molecule has 4 heteroatoms. The maximum Gasteiger partial charge on any atom is 0.250 e. The Labute approximate surface area is 131 Å². The lowest BCUT2D eigenvalue weighted by molar-refractivity contribution is 0.161. The molecule has 0 radical (unpaired) electrons. The monoisotopic (exact) mass is 297 g/mol. The SMILES string of the molecule is C[C@@H]1C[C@H](c2ccncc2N)C[C@H](C)[C@@H]1n1ccccc1=O. The van der Waals surface area contributed by atoms with E-state index in [-0.39, 0.29) is 11.6 Å². The average molecular weight is 297 g/mol. The first kappa shape index (κ1) is 14.8. The van der Waals surface area contributed by atoms with Crippen LogP contribution in [0.2, 0.25) is 0 Å². The molecule has 2 N–H and O–H groups in total. The molecule has 0 aliphatic heterocycles. The van der Waals surface area contributed by atoms with Gasteiger partial charge < -0.3 is 10.3 Å². The van der Waals surface area contributed by atoms with Crippen molar-refractivity contribution >= 4 is 5.69 Å². The van der Waals surface area contributed by atoms with Crippen LogP contribution in [0.4, 0.5) is 5.69 Å². The van der Waals surface area contributed by atoms with E-state index in [1.807, 2.05) is 29.1 Å². The summed E-state index contributed by atoms with van der Waals surface area (Å²) in [5.74, 6) is 1.31. The minimum atomic E-state index is 0.0908. The molecule has 3 rings (SSSR count). The number of nitrogens with two attached hydrogens (primary N) is 1. The Morgan fingerprint density at radius 1 is 1.18 bits per heavy atom. The summed E-state index contributed by atoms with van der Waals surface area (Å²) in [7, 11) is 0. The van der Waals surface area contributed by atoms with Crippen LogP contribution in [0, 0.1) is 11.8 Å². The number of pyridine rings is 2. The first-order chi connectivity index (χ1) is 10.6. The van der Waals surface area contributed by atoms with Crippen LogP contribution >= 0.6 is 0 Å². The van der Waals surface area contributed by atoms with Gasteiger partial charge in [-0.25, -0.2) is 0 Å². The second-order valence-corrected chi connectivity index (χ2v) is 6.56. The van der Waals surface area contributed by atoms with E-state index in [0.717, 1.165) is 18.5 Å². The van der Waals surface area contributed by atoms with E-state index in [0.29, 0.717) is 17.8 Å². The van der Waals surface area contributed by atoms with Crippen LogP contribution in [0.25, 0.3) is 0 Å².